The van der Waals surface area contributed by atoms with Crippen LogP contribution in [0.3, 0.4) is 0 Å². The van der Waals surface area contributed by atoms with Gasteiger partial charge in [-0.3, -0.25) is 10.1 Å². The van der Waals surface area contributed by atoms with E-state index in [2.05, 4.69) is 30.3 Å². The van der Waals surface area contributed by atoms with Crippen molar-refractivity contribution in [3.8, 4) is 33.6 Å². The quantitative estimate of drug-likeness (QED) is 0.237. The number of fused-ring (bicyclic) bond motifs is 1. The third-order valence-electron chi connectivity index (χ3n) is 5.35. The summed E-state index contributed by atoms with van der Waals surface area (Å²) < 4.78 is 0. The van der Waals surface area contributed by atoms with E-state index in [0.717, 1.165) is 39.0 Å². The maximum absolute atomic E-state index is 11.0. The Bertz CT molecular complexity index is 1390. The molecule has 5 rings (SSSR count). The summed E-state index contributed by atoms with van der Waals surface area (Å²) in [4.78, 5) is 15.6. The fourth-order valence-corrected chi connectivity index (χ4v) is 3.73. The lowest BCUT2D eigenvalue weighted by Crippen LogP contribution is -1.92. The second kappa shape index (κ2) is 7.84. The number of aromatic nitrogens is 1. The molecule has 0 fully saturated rings. The van der Waals surface area contributed by atoms with Gasteiger partial charge in [0.15, 0.2) is 0 Å². The van der Waals surface area contributed by atoms with Gasteiger partial charge in [0, 0.05) is 23.3 Å². The Labute approximate surface area is 179 Å². The van der Waals surface area contributed by atoms with Crippen molar-refractivity contribution in [2.45, 2.75) is 0 Å². The maximum Gasteiger partial charge on any atom is 0.269 e. The molecule has 0 atom stereocenters. The standard InChI is InChI=1S/C27H18N2O2/c30-29(31)25-14-12-20(13-15-25)24-17-26(21-7-2-1-3-8-21)28-27(18-24)23-11-10-19-6-4-5-9-22(19)16-23/h1-18H. The molecule has 0 spiro atoms. The molecule has 0 saturated heterocycles. The first-order valence-corrected chi connectivity index (χ1v) is 9.99. The van der Waals surface area contributed by atoms with Crippen molar-refractivity contribution >= 4 is 16.5 Å². The molecule has 31 heavy (non-hydrogen) atoms. The van der Waals surface area contributed by atoms with Crippen molar-refractivity contribution in [1.82, 2.24) is 4.98 Å². The molecule has 5 aromatic rings. The summed E-state index contributed by atoms with van der Waals surface area (Å²) >= 11 is 0. The molecule has 0 aliphatic carbocycles. The highest BCUT2D eigenvalue weighted by Gasteiger charge is 2.11. The monoisotopic (exact) mass is 402 g/mol. The van der Waals surface area contributed by atoms with Crippen LogP contribution in [0, 0.1) is 10.1 Å². The number of nitro benzene ring substituents is 1. The molecule has 0 saturated carbocycles. The predicted molar refractivity (Wildman–Crippen MR) is 125 cm³/mol. The fraction of sp³-hybridized carbons (Fsp3) is 0. The molecule has 0 aliphatic rings. The lowest BCUT2D eigenvalue weighted by molar-refractivity contribution is -0.384. The third kappa shape index (κ3) is 3.79. The predicted octanol–water partition coefficient (Wildman–Crippen LogP) is 7.14. The van der Waals surface area contributed by atoms with E-state index in [1.807, 2.05) is 54.6 Å². The van der Waals surface area contributed by atoms with Crippen LogP contribution in [0.1, 0.15) is 0 Å². The van der Waals surface area contributed by atoms with Crippen LogP contribution in [0.4, 0.5) is 5.69 Å². The van der Waals surface area contributed by atoms with Gasteiger partial charge in [-0.1, -0.05) is 66.7 Å². The van der Waals surface area contributed by atoms with Crippen molar-refractivity contribution in [3.63, 3.8) is 0 Å². The average Bonchev–Trinajstić information content (AvgIpc) is 2.84. The summed E-state index contributed by atoms with van der Waals surface area (Å²) in [6, 6.07) is 35.3. The Hall–Kier alpha value is -4.31. The maximum atomic E-state index is 11.0. The smallest absolute Gasteiger partial charge is 0.258 e. The van der Waals surface area contributed by atoms with Gasteiger partial charge in [0.1, 0.15) is 0 Å². The van der Waals surface area contributed by atoms with Crippen LogP contribution >= 0.6 is 0 Å². The topological polar surface area (TPSA) is 56.0 Å². The molecular weight excluding hydrogens is 384 g/mol. The molecule has 0 radical (unpaired) electrons. The lowest BCUT2D eigenvalue weighted by Gasteiger charge is -2.11. The number of nitrogens with zero attached hydrogens (tertiary/aromatic N) is 2. The van der Waals surface area contributed by atoms with E-state index in [-0.39, 0.29) is 10.6 Å². The van der Waals surface area contributed by atoms with Gasteiger partial charge in [0.2, 0.25) is 0 Å². The molecule has 0 bridgehead atoms. The van der Waals surface area contributed by atoms with Gasteiger partial charge in [0.25, 0.3) is 5.69 Å². The van der Waals surface area contributed by atoms with Gasteiger partial charge >= 0.3 is 0 Å². The highest BCUT2D eigenvalue weighted by Crippen LogP contribution is 2.32. The number of benzene rings is 4. The Balaban J connectivity index is 1.68. The van der Waals surface area contributed by atoms with Crippen LogP contribution in [-0.4, -0.2) is 9.91 Å². The summed E-state index contributed by atoms with van der Waals surface area (Å²) in [5.74, 6) is 0. The van der Waals surface area contributed by atoms with Gasteiger partial charge in [-0.05, 0) is 52.2 Å². The van der Waals surface area contributed by atoms with Crippen molar-refractivity contribution < 1.29 is 4.92 Å². The van der Waals surface area contributed by atoms with Crippen molar-refractivity contribution in [1.29, 1.82) is 0 Å². The highest BCUT2D eigenvalue weighted by molar-refractivity contribution is 5.87. The molecule has 148 valence electrons. The van der Waals surface area contributed by atoms with E-state index in [1.54, 1.807) is 12.1 Å². The first-order valence-electron chi connectivity index (χ1n) is 9.99. The minimum atomic E-state index is -0.383. The molecule has 0 N–H and O–H groups in total. The summed E-state index contributed by atoms with van der Waals surface area (Å²) in [7, 11) is 0. The van der Waals surface area contributed by atoms with Crippen molar-refractivity contribution in [2.24, 2.45) is 0 Å². The highest BCUT2D eigenvalue weighted by atomic mass is 16.6. The second-order valence-corrected chi connectivity index (χ2v) is 7.36. The molecule has 1 heterocycles. The molecule has 4 aromatic carbocycles. The van der Waals surface area contributed by atoms with Crippen LogP contribution < -0.4 is 0 Å². The van der Waals surface area contributed by atoms with Crippen LogP contribution in [-0.2, 0) is 0 Å². The number of non-ortho nitro benzene ring substituents is 1. The van der Waals surface area contributed by atoms with E-state index >= 15 is 0 Å². The molecular formula is C27H18N2O2. The largest absolute Gasteiger partial charge is 0.269 e. The third-order valence-corrected chi connectivity index (χ3v) is 5.35. The zero-order valence-corrected chi connectivity index (χ0v) is 16.6. The van der Waals surface area contributed by atoms with Crippen molar-refractivity contribution in [3.05, 3.63) is 119 Å². The number of hydrogen-bond acceptors (Lipinski definition) is 3. The normalized spacial score (nSPS) is 10.8. The van der Waals surface area contributed by atoms with Crippen LogP contribution in [0.5, 0.6) is 0 Å². The Morgan fingerprint density at radius 1 is 0.548 bits per heavy atom. The molecule has 0 unspecified atom stereocenters. The number of hydrogen-bond donors (Lipinski definition) is 0. The molecule has 0 amide bonds. The van der Waals surface area contributed by atoms with Gasteiger partial charge < -0.3 is 0 Å². The van der Waals surface area contributed by atoms with Gasteiger partial charge in [-0.15, -0.1) is 0 Å². The molecule has 0 aliphatic heterocycles. The molecule has 4 nitrogen and oxygen atoms in total. The molecule has 4 heteroatoms. The fourth-order valence-electron chi connectivity index (χ4n) is 3.73. The minimum Gasteiger partial charge on any atom is -0.258 e. The Morgan fingerprint density at radius 2 is 1.16 bits per heavy atom. The van der Waals surface area contributed by atoms with E-state index in [1.165, 1.54) is 17.5 Å². The van der Waals surface area contributed by atoms with Crippen LogP contribution in [0.15, 0.2) is 109 Å². The summed E-state index contributed by atoms with van der Waals surface area (Å²) in [5, 5.41) is 13.4. The van der Waals surface area contributed by atoms with Crippen molar-refractivity contribution in [2.75, 3.05) is 0 Å². The summed E-state index contributed by atoms with van der Waals surface area (Å²) in [5.41, 5.74) is 5.72. The van der Waals surface area contributed by atoms with Crippen LogP contribution in [0.2, 0.25) is 0 Å². The van der Waals surface area contributed by atoms with Gasteiger partial charge in [-0.25, -0.2) is 4.98 Å². The van der Waals surface area contributed by atoms with E-state index in [9.17, 15) is 10.1 Å². The van der Waals surface area contributed by atoms with E-state index < -0.39 is 0 Å². The SMILES string of the molecule is O=[N+]([O-])c1ccc(-c2cc(-c3ccccc3)nc(-c3ccc4ccccc4c3)c2)cc1. The number of rotatable bonds is 4. The second-order valence-electron chi connectivity index (χ2n) is 7.36. The van der Waals surface area contributed by atoms with E-state index in [0.29, 0.717) is 0 Å². The summed E-state index contributed by atoms with van der Waals surface area (Å²) in [6.07, 6.45) is 0. The zero-order valence-electron chi connectivity index (χ0n) is 16.6. The zero-order chi connectivity index (χ0) is 21.2. The number of pyridine rings is 1. The van der Waals surface area contributed by atoms with Crippen LogP contribution in [0.25, 0.3) is 44.4 Å². The lowest BCUT2D eigenvalue weighted by atomic mass is 9.98. The van der Waals surface area contributed by atoms with E-state index in [4.69, 9.17) is 4.98 Å². The average molecular weight is 402 g/mol. The van der Waals surface area contributed by atoms with Gasteiger partial charge in [0.05, 0.1) is 16.3 Å². The summed E-state index contributed by atoms with van der Waals surface area (Å²) in [6.45, 7) is 0. The molecule has 1 aromatic heterocycles. The number of nitro groups is 1. The van der Waals surface area contributed by atoms with Gasteiger partial charge in [-0.2, -0.15) is 0 Å². The first kappa shape index (κ1) is 18.7. The first-order chi connectivity index (χ1) is 15.2. The minimum absolute atomic E-state index is 0.0795. The Morgan fingerprint density at radius 3 is 1.87 bits per heavy atom. The Kier molecular flexibility index (Phi) is 4.73.